The molecular formula is C17H14NO. The quantitative estimate of drug-likeness (QED) is 0.712. The average Bonchev–Trinajstić information content (AvgIpc) is 2.90. The molecule has 1 N–H and O–H groups in total. The van der Waals surface area contributed by atoms with Crippen LogP contribution in [0, 0.1) is 6.26 Å². The zero-order chi connectivity index (χ0) is 12.7. The molecule has 3 aromatic rings. The molecule has 0 aliphatic carbocycles. The van der Waals surface area contributed by atoms with E-state index in [1.807, 2.05) is 18.2 Å². The number of hydrogen-bond acceptors (Lipinski definition) is 2. The molecule has 2 nitrogen and oxygen atoms in total. The van der Waals surface area contributed by atoms with Crippen molar-refractivity contribution in [1.82, 2.24) is 5.32 Å². The molecule has 0 saturated carbocycles. The second-order valence-corrected chi connectivity index (χ2v) is 4.95. The molecular weight excluding hydrogens is 234 g/mol. The SMILES string of the molecule is [c]1oc2ccccc2c1-c1cccc2c1CNCC2. The van der Waals surface area contributed by atoms with Gasteiger partial charge in [-0.3, -0.25) is 0 Å². The largest absolute Gasteiger partial charge is 0.452 e. The first-order chi connectivity index (χ1) is 9.43. The maximum atomic E-state index is 5.55. The second kappa shape index (κ2) is 4.25. The van der Waals surface area contributed by atoms with Crippen LogP contribution in [0.5, 0.6) is 0 Å². The summed E-state index contributed by atoms with van der Waals surface area (Å²) >= 11 is 0. The van der Waals surface area contributed by atoms with Crippen molar-refractivity contribution in [2.24, 2.45) is 0 Å². The number of nitrogens with one attached hydrogen (secondary N) is 1. The molecule has 1 aromatic heterocycles. The van der Waals surface area contributed by atoms with Crippen LogP contribution in [0.2, 0.25) is 0 Å². The van der Waals surface area contributed by atoms with Gasteiger partial charge in [-0.15, -0.1) is 0 Å². The van der Waals surface area contributed by atoms with Crippen LogP contribution < -0.4 is 5.32 Å². The smallest absolute Gasteiger partial charge is 0.179 e. The summed E-state index contributed by atoms with van der Waals surface area (Å²) in [6.07, 6.45) is 4.17. The van der Waals surface area contributed by atoms with Gasteiger partial charge in [0.1, 0.15) is 5.58 Å². The Balaban J connectivity index is 1.97. The molecule has 2 heterocycles. The Kier molecular flexibility index (Phi) is 2.42. The van der Waals surface area contributed by atoms with Gasteiger partial charge in [0.2, 0.25) is 0 Å². The summed E-state index contributed by atoms with van der Waals surface area (Å²) in [5, 5.41) is 4.59. The Labute approximate surface area is 112 Å². The van der Waals surface area contributed by atoms with Crippen LogP contribution in [0.4, 0.5) is 0 Å². The molecule has 19 heavy (non-hydrogen) atoms. The van der Waals surface area contributed by atoms with Gasteiger partial charge in [-0.05, 0) is 35.7 Å². The summed E-state index contributed by atoms with van der Waals surface area (Å²) in [5.74, 6) is 0. The highest BCUT2D eigenvalue weighted by atomic mass is 16.3. The molecule has 1 radical (unpaired) electrons. The minimum absolute atomic E-state index is 0.902. The van der Waals surface area contributed by atoms with E-state index in [0.717, 1.165) is 36.0 Å². The third kappa shape index (κ3) is 1.68. The molecule has 2 aromatic carbocycles. The molecule has 0 fully saturated rings. The summed E-state index contributed by atoms with van der Waals surface area (Å²) in [4.78, 5) is 0. The van der Waals surface area contributed by atoms with Crippen molar-refractivity contribution in [3.05, 3.63) is 59.9 Å². The standard InChI is InChI=1S/C17H14NO/c1-2-7-17-14(5-1)16(11-19-17)13-6-3-4-12-8-9-18-10-15(12)13/h1-7,18H,8-10H2. The van der Waals surface area contributed by atoms with Crippen LogP contribution in [0.15, 0.2) is 46.9 Å². The van der Waals surface area contributed by atoms with E-state index in [9.17, 15) is 0 Å². The minimum Gasteiger partial charge on any atom is -0.452 e. The fraction of sp³-hybridized carbons (Fsp3) is 0.176. The lowest BCUT2D eigenvalue weighted by atomic mass is 9.92. The van der Waals surface area contributed by atoms with Crippen LogP contribution in [0.1, 0.15) is 11.1 Å². The van der Waals surface area contributed by atoms with Crippen molar-refractivity contribution < 1.29 is 4.42 Å². The van der Waals surface area contributed by atoms with Gasteiger partial charge in [0.15, 0.2) is 6.26 Å². The highest BCUT2D eigenvalue weighted by Gasteiger charge is 2.16. The first-order valence-electron chi connectivity index (χ1n) is 6.64. The first-order valence-corrected chi connectivity index (χ1v) is 6.64. The highest BCUT2D eigenvalue weighted by Crippen LogP contribution is 2.34. The van der Waals surface area contributed by atoms with E-state index < -0.39 is 0 Å². The maximum absolute atomic E-state index is 5.55. The van der Waals surface area contributed by atoms with E-state index in [-0.39, 0.29) is 0 Å². The predicted octanol–water partition coefficient (Wildman–Crippen LogP) is 3.55. The Morgan fingerprint density at radius 2 is 2.00 bits per heavy atom. The molecule has 1 aliphatic rings. The molecule has 0 unspecified atom stereocenters. The van der Waals surface area contributed by atoms with E-state index in [1.54, 1.807) is 0 Å². The van der Waals surface area contributed by atoms with Gasteiger partial charge in [0.25, 0.3) is 0 Å². The fourth-order valence-electron chi connectivity index (χ4n) is 2.87. The molecule has 0 atom stereocenters. The van der Waals surface area contributed by atoms with Gasteiger partial charge in [0, 0.05) is 17.5 Å². The van der Waals surface area contributed by atoms with Crippen LogP contribution in [-0.4, -0.2) is 6.54 Å². The minimum atomic E-state index is 0.902. The summed E-state index contributed by atoms with van der Waals surface area (Å²) < 4.78 is 5.55. The van der Waals surface area contributed by atoms with Crippen LogP contribution in [-0.2, 0) is 13.0 Å². The maximum Gasteiger partial charge on any atom is 0.179 e. The normalized spacial score (nSPS) is 14.5. The van der Waals surface area contributed by atoms with Crippen LogP contribution in [0.3, 0.4) is 0 Å². The fourth-order valence-corrected chi connectivity index (χ4v) is 2.87. The summed E-state index contributed by atoms with van der Waals surface area (Å²) in [5.41, 5.74) is 6.05. The van der Waals surface area contributed by atoms with Crippen molar-refractivity contribution in [2.45, 2.75) is 13.0 Å². The number of benzene rings is 2. The predicted molar refractivity (Wildman–Crippen MR) is 75.9 cm³/mol. The third-order valence-corrected chi connectivity index (χ3v) is 3.83. The lowest BCUT2D eigenvalue weighted by molar-refractivity contribution is 0.606. The number of para-hydroxylation sites is 1. The van der Waals surface area contributed by atoms with Gasteiger partial charge < -0.3 is 9.73 Å². The zero-order valence-electron chi connectivity index (χ0n) is 10.6. The molecule has 0 saturated heterocycles. The monoisotopic (exact) mass is 248 g/mol. The Morgan fingerprint density at radius 3 is 3.00 bits per heavy atom. The van der Waals surface area contributed by atoms with E-state index in [2.05, 4.69) is 35.8 Å². The van der Waals surface area contributed by atoms with E-state index >= 15 is 0 Å². The van der Waals surface area contributed by atoms with Gasteiger partial charge in [-0.1, -0.05) is 36.4 Å². The molecule has 0 bridgehead atoms. The highest BCUT2D eigenvalue weighted by molar-refractivity contribution is 5.94. The van der Waals surface area contributed by atoms with Crippen LogP contribution >= 0.6 is 0 Å². The van der Waals surface area contributed by atoms with Crippen molar-refractivity contribution in [3.8, 4) is 11.1 Å². The lowest BCUT2D eigenvalue weighted by Crippen LogP contribution is -2.24. The summed E-state index contributed by atoms with van der Waals surface area (Å²) in [6, 6.07) is 14.6. The number of rotatable bonds is 1. The molecule has 2 heteroatoms. The van der Waals surface area contributed by atoms with E-state index in [1.165, 1.54) is 16.7 Å². The van der Waals surface area contributed by atoms with Crippen molar-refractivity contribution in [1.29, 1.82) is 0 Å². The number of hydrogen-bond donors (Lipinski definition) is 1. The number of furan rings is 1. The Bertz CT molecular complexity index is 742. The zero-order valence-corrected chi connectivity index (χ0v) is 10.6. The van der Waals surface area contributed by atoms with Crippen molar-refractivity contribution in [2.75, 3.05) is 6.54 Å². The third-order valence-electron chi connectivity index (χ3n) is 3.83. The van der Waals surface area contributed by atoms with Crippen LogP contribution in [0.25, 0.3) is 22.1 Å². The number of fused-ring (bicyclic) bond motifs is 2. The molecule has 1 aliphatic heterocycles. The van der Waals surface area contributed by atoms with Crippen molar-refractivity contribution in [3.63, 3.8) is 0 Å². The van der Waals surface area contributed by atoms with Gasteiger partial charge in [0.05, 0.1) is 0 Å². The average molecular weight is 248 g/mol. The van der Waals surface area contributed by atoms with Gasteiger partial charge >= 0.3 is 0 Å². The molecule has 0 amide bonds. The Hall–Kier alpha value is -2.06. The molecule has 93 valence electrons. The Morgan fingerprint density at radius 1 is 1.05 bits per heavy atom. The van der Waals surface area contributed by atoms with E-state index in [4.69, 9.17) is 4.42 Å². The summed E-state index contributed by atoms with van der Waals surface area (Å²) in [6.45, 7) is 1.99. The van der Waals surface area contributed by atoms with E-state index in [0.29, 0.717) is 0 Å². The summed E-state index contributed by atoms with van der Waals surface area (Å²) in [7, 11) is 0. The second-order valence-electron chi connectivity index (χ2n) is 4.95. The van der Waals surface area contributed by atoms with Gasteiger partial charge in [-0.2, -0.15) is 0 Å². The van der Waals surface area contributed by atoms with Gasteiger partial charge in [-0.25, -0.2) is 0 Å². The molecule has 0 spiro atoms. The topological polar surface area (TPSA) is 25.2 Å². The van der Waals surface area contributed by atoms with Crippen molar-refractivity contribution >= 4 is 11.0 Å². The first kappa shape index (κ1) is 10.8. The lowest BCUT2D eigenvalue weighted by Gasteiger charge is -2.19. The molecule has 4 rings (SSSR count).